The summed E-state index contributed by atoms with van der Waals surface area (Å²) in [5.74, 6) is 0.284. The molecule has 0 atom stereocenters. The molecule has 0 spiro atoms. The van der Waals surface area contributed by atoms with Crippen molar-refractivity contribution in [2.45, 2.75) is 57.4 Å². The van der Waals surface area contributed by atoms with Crippen LogP contribution < -0.4 is 5.32 Å². The number of benzene rings is 1. The lowest BCUT2D eigenvalue weighted by Gasteiger charge is -2.15. The van der Waals surface area contributed by atoms with Crippen LogP contribution in [0.2, 0.25) is 0 Å². The summed E-state index contributed by atoms with van der Waals surface area (Å²) in [6.45, 7) is 10.3. The van der Waals surface area contributed by atoms with E-state index in [0.717, 1.165) is 11.3 Å². The van der Waals surface area contributed by atoms with Crippen molar-refractivity contribution in [2.24, 2.45) is 5.92 Å². The first kappa shape index (κ1) is 22.2. The fraction of sp³-hybridized carbons (Fsp3) is 0.476. The quantitative estimate of drug-likeness (QED) is 0.722. The van der Waals surface area contributed by atoms with E-state index in [9.17, 15) is 13.2 Å². The molecule has 1 amide bonds. The van der Waals surface area contributed by atoms with E-state index in [0.29, 0.717) is 31.0 Å². The van der Waals surface area contributed by atoms with Crippen LogP contribution in [0.5, 0.6) is 0 Å². The van der Waals surface area contributed by atoms with Crippen molar-refractivity contribution in [3.05, 3.63) is 41.1 Å². The molecule has 154 valence electrons. The van der Waals surface area contributed by atoms with Crippen LogP contribution in [0.4, 0.5) is 5.82 Å². The Morgan fingerprint density at radius 2 is 1.75 bits per heavy atom. The van der Waals surface area contributed by atoms with Gasteiger partial charge in [0.15, 0.2) is 0 Å². The molecule has 0 aliphatic heterocycles. The predicted molar refractivity (Wildman–Crippen MR) is 110 cm³/mol. The molecule has 0 unspecified atom stereocenters. The van der Waals surface area contributed by atoms with Crippen LogP contribution in [0.25, 0.3) is 0 Å². The third-order valence-electron chi connectivity index (χ3n) is 4.74. The summed E-state index contributed by atoms with van der Waals surface area (Å²) in [6, 6.07) is 6.75. The van der Waals surface area contributed by atoms with E-state index in [1.165, 1.54) is 0 Å². The van der Waals surface area contributed by atoms with E-state index in [-0.39, 0.29) is 21.6 Å². The Balaban J connectivity index is 2.64. The molecule has 0 fully saturated rings. The van der Waals surface area contributed by atoms with Crippen molar-refractivity contribution >= 4 is 21.6 Å². The van der Waals surface area contributed by atoms with Crippen molar-refractivity contribution < 1.29 is 17.9 Å². The fourth-order valence-corrected chi connectivity index (χ4v) is 4.84. The maximum atomic E-state index is 13.4. The molecule has 2 aromatic rings. The smallest absolute Gasteiger partial charge is 0.225 e. The van der Waals surface area contributed by atoms with E-state index in [2.05, 4.69) is 5.32 Å². The lowest BCUT2D eigenvalue weighted by atomic mass is 10.1. The minimum atomic E-state index is -3.79. The molecule has 7 heteroatoms. The van der Waals surface area contributed by atoms with Gasteiger partial charge in [0, 0.05) is 25.8 Å². The van der Waals surface area contributed by atoms with Crippen molar-refractivity contribution in [3.63, 3.8) is 0 Å². The maximum absolute atomic E-state index is 13.4. The van der Waals surface area contributed by atoms with Crippen LogP contribution in [0.15, 0.2) is 34.1 Å². The van der Waals surface area contributed by atoms with Gasteiger partial charge in [-0.1, -0.05) is 31.5 Å². The molecule has 0 aliphatic rings. The Hall–Kier alpha value is -2.12. The minimum absolute atomic E-state index is 0.155. The summed E-state index contributed by atoms with van der Waals surface area (Å²) in [6.07, 6.45) is 0.317. The zero-order valence-corrected chi connectivity index (χ0v) is 18.3. The lowest BCUT2D eigenvalue weighted by Crippen LogP contribution is -2.20. The summed E-state index contributed by atoms with van der Waals surface area (Å²) in [4.78, 5) is 12.8. The molecule has 6 nitrogen and oxygen atoms in total. The summed E-state index contributed by atoms with van der Waals surface area (Å²) in [5, 5.41) is 2.86. The highest BCUT2D eigenvalue weighted by molar-refractivity contribution is 7.91. The molecule has 0 saturated carbocycles. The number of ether oxygens (including phenoxy) is 1. The molecule has 1 aromatic carbocycles. The van der Waals surface area contributed by atoms with Gasteiger partial charge >= 0.3 is 0 Å². The zero-order valence-electron chi connectivity index (χ0n) is 17.5. The zero-order chi connectivity index (χ0) is 21.1. The minimum Gasteiger partial charge on any atom is -0.383 e. The van der Waals surface area contributed by atoms with Gasteiger partial charge < -0.3 is 14.6 Å². The normalized spacial score (nSPS) is 11.8. The van der Waals surface area contributed by atoms with Gasteiger partial charge in [0.05, 0.1) is 11.5 Å². The SMILES string of the molecule is COCCn1c(C)c(C)c(S(=O)(=O)c2ccc(C)cc2)c1NC(=O)CC(C)C. The highest BCUT2D eigenvalue weighted by Gasteiger charge is 2.30. The third-order valence-corrected chi connectivity index (χ3v) is 6.67. The molecule has 1 aromatic heterocycles. The molecule has 0 bridgehead atoms. The average molecular weight is 407 g/mol. The molecule has 2 rings (SSSR count). The number of sulfone groups is 1. The van der Waals surface area contributed by atoms with Crippen LogP contribution in [0, 0.1) is 26.7 Å². The van der Waals surface area contributed by atoms with Gasteiger partial charge in [-0.25, -0.2) is 8.42 Å². The van der Waals surface area contributed by atoms with Crippen molar-refractivity contribution in [2.75, 3.05) is 19.0 Å². The second-order valence-corrected chi connectivity index (χ2v) is 9.38. The van der Waals surface area contributed by atoms with Gasteiger partial charge in [0.25, 0.3) is 0 Å². The van der Waals surface area contributed by atoms with E-state index in [1.54, 1.807) is 38.3 Å². The van der Waals surface area contributed by atoms with Gasteiger partial charge in [-0.2, -0.15) is 0 Å². The van der Waals surface area contributed by atoms with Crippen LogP contribution in [0.3, 0.4) is 0 Å². The highest BCUT2D eigenvalue weighted by Crippen LogP contribution is 2.35. The number of rotatable bonds is 8. The predicted octanol–water partition coefficient (Wildman–Crippen LogP) is 3.88. The molecule has 1 heterocycles. The summed E-state index contributed by atoms with van der Waals surface area (Å²) in [7, 11) is -2.20. The first-order chi connectivity index (χ1) is 13.1. The number of hydrogen-bond donors (Lipinski definition) is 1. The lowest BCUT2D eigenvalue weighted by molar-refractivity contribution is -0.116. The molecular weight excluding hydrogens is 376 g/mol. The Morgan fingerprint density at radius 1 is 1.14 bits per heavy atom. The first-order valence-electron chi connectivity index (χ1n) is 9.39. The highest BCUT2D eigenvalue weighted by atomic mass is 32.2. The Labute approximate surface area is 167 Å². The number of nitrogens with zero attached hydrogens (tertiary/aromatic N) is 1. The number of amides is 1. The Kier molecular flexibility index (Phi) is 7.06. The van der Waals surface area contributed by atoms with Crippen LogP contribution in [-0.2, 0) is 25.9 Å². The number of anilines is 1. The Bertz CT molecular complexity index is 942. The van der Waals surface area contributed by atoms with E-state index in [1.807, 2.05) is 32.3 Å². The molecule has 0 radical (unpaired) electrons. The average Bonchev–Trinajstić information content (AvgIpc) is 2.83. The van der Waals surface area contributed by atoms with Crippen LogP contribution in [0.1, 0.15) is 37.1 Å². The molecule has 28 heavy (non-hydrogen) atoms. The van der Waals surface area contributed by atoms with E-state index >= 15 is 0 Å². The topological polar surface area (TPSA) is 77.4 Å². The number of hydrogen-bond acceptors (Lipinski definition) is 4. The number of aromatic nitrogens is 1. The molecule has 1 N–H and O–H groups in total. The number of nitrogens with one attached hydrogen (secondary N) is 1. The molecule has 0 aliphatic carbocycles. The van der Waals surface area contributed by atoms with Crippen LogP contribution >= 0.6 is 0 Å². The van der Waals surface area contributed by atoms with E-state index < -0.39 is 9.84 Å². The second-order valence-electron chi connectivity index (χ2n) is 7.50. The monoisotopic (exact) mass is 406 g/mol. The third kappa shape index (κ3) is 4.64. The fourth-order valence-electron chi connectivity index (χ4n) is 3.14. The van der Waals surface area contributed by atoms with Gasteiger partial charge in [-0.15, -0.1) is 0 Å². The summed E-state index contributed by atoms with van der Waals surface area (Å²) < 4.78 is 33.9. The molecular formula is C21H30N2O4S. The second kappa shape index (κ2) is 8.92. The van der Waals surface area contributed by atoms with Crippen LogP contribution in [-0.4, -0.2) is 32.6 Å². The van der Waals surface area contributed by atoms with Gasteiger partial charge in [-0.05, 0) is 44.4 Å². The number of carbonyl (C=O) groups is 1. The number of carbonyl (C=O) groups excluding carboxylic acids is 1. The standard InChI is InChI=1S/C21H30N2O4S/c1-14(2)13-19(24)22-21-20(16(4)17(5)23(21)11-12-27-6)28(25,26)18-9-7-15(3)8-10-18/h7-10,14H,11-13H2,1-6H3,(H,22,24). The molecule has 0 saturated heterocycles. The van der Waals surface area contributed by atoms with Crippen molar-refractivity contribution in [3.8, 4) is 0 Å². The number of aryl methyl sites for hydroxylation is 1. The first-order valence-corrected chi connectivity index (χ1v) is 10.9. The maximum Gasteiger partial charge on any atom is 0.225 e. The van der Waals surface area contributed by atoms with Gasteiger partial charge in [0.1, 0.15) is 10.7 Å². The van der Waals surface area contributed by atoms with Crippen molar-refractivity contribution in [1.29, 1.82) is 0 Å². The number of methoxy groups -OCH3 is 1. The van der Waals surface area contributed by atoms with E-state index in [4.69, 9.17) is 4.74 Å². The Morgan fingerprint density at radius 3 is 2.29 bits per heavy atom. The summed E-state index contributed by atoms with van der Waals surface area (Å²) in [5.41, 5.74) is 2.41. The van der Waals surface area contributed by atoms with Crippen molar-refractivity contribution in [1.82, 2.24) is 4.57 Å². The van der Waals surface area contributed by atoms with Gasteiger partial charge in [0.2, 0.25) is 15.7 Å². The largest absolute Gasteiger partial charge is 0.383 e. The summed E-state index contributed by atoms with van der Waals surface area (Å²) >= 11 is 0. The van der Waals surface area contributed by atoms with Gasteiger partial charge in [-0.3, -0.25) is 4.79 Å².